The van der Waals surface area contributed by atoms with E-state index < -0.39 is 17.6 Å². The molecule has 7 heteroatoms. The Morgan fingerprint density at radius 1 is 1.33 bits per heavy atom. The topological polar surface area (TPSA) is 60.0 Å². The van der Waals surface area contributed by atoms with E-state index in [9.17, 15) is 18.0 Å². The van der Waals surface area contributed by atoms with E-state index in [2.05, 4.69) is 5.32 Å². The summed E-state index contributed by atoms with van der Waals surface area (Å²) in [5.41, 5.74) is 6.00. The number of hydrogen-bond donors (Lipinski definition) is 2. The minimum atomic E-state index is -4.40. The maximum Gasteiger partial charge on any atom is 0.416 e. The molecule has 4 nitrogen and oxygen atoms in total. The summed E-state index contributed by atoms with van der Waals surface area (Å²) in [5.74, 6) is -0.397. The molecule has 2 rings (SSSR count). The molecule has 112 valence electrons. The number of carbonyl (C=O) groups is 1. The Kier molecular flexibility index (Phi) is 3.93. The molecule has 2 aromatic rings. The monoisotopic (exact) mass is 297 g/mol. The fourth-order valence-corrected chi connectivity index (χ4v) is 1.95. The third kappa shape index (κ3) is 3.56. The van der Waals surface area contributed by atoms with Crippen LogP contribution in [0.15, 0.2) is 36.5 Å². The van der Waals surface area contributed by atoms with E-state index >= 15 is 0 Å². The van der Waals surface area contributed by atoms with E-state index in [1.54, 1.807) is 17.8 Å². The van der Waals surface area contributed by atoms with E-state index in [1.807, 2.05) is 0 Å². The summed E-state index contributed by atoms with van der Waals surface area (Å²) < 4.78 is 39.3. The SMILES string of the molecule is Cn1cc(N)cc1C(=O)NCc1cccc(C(F)(F)F)c1. The fraction of sp³-hybridized carbons (Fsp3) is 0.214. The van der Waals surface area contributed by atoms with Gasteiger partial charge in [0.2, 0.25) is 0 Å². The summed E-state index contributed by atoms with van der Waals surface area (Å²) in [5, 5.41) is 2.57. The van der Waals surface area contributed by atoms with Crippen molar-refractivity contribution >= 4 is 11.6 Å². The van der Waals surface area contributed by atoms with Crippen molar-refractivity contribution in [3.8, 4) is 0 Å². The number of nitrogens with one attached hydrogen (secondary N) is 1. The summed E-state index contributed by atoms with van der Waals surface area (Å²) in [4.78, 5) is 11.9. The fourth-order valence-electron chi connectivity index (χ4n) is 1.95. The first-order valence-corrected chi connectivity index (χ1v) is 6.13. The molecule has 0 saturated carbocycles. The van der Waals surface area contributed by atoms with Crippen molar-refractivity contribution in [1.29, 1.82) is 0 Å². The van der Waals surface area contributed by atoms with Gasteiger partial charge in [-0.1, -0.05) is 12.1 Å². The lowest BCUT2D eigenvalue weighted by Gasteiger charge is -2.10. The highest BCUT2D eigenvalue weighted by Gasteiger charge is 2.30. The molecule has 1 amide bonds. The van der Waals surface area contributed by atoms with E-state index in [0.29, 0.717) is 16.9 Å². The molecule has 0 bridgehead atoms. The second kappa shape index (κ2) is 5.51. The van der Waals surface area contributed by atoms with Crippen molar-refractivity contribution in [3.05, 3.63) is 53.3 Å². The number of benzene rings is 1. The van der Waals surface area contributed by atoms with Crippen LogP contribution in [0.2, 0.25) is 0 Å². The molecule has 0 spiro atoms. The minimum absolute atomic E-state index is 0.00778. The van der Waals surface area contributed by atoms with Gasteiger partial charge in [0.05, 0.1) is 11.3 Å². The van der Waals surface area contributed by atoms with Gasteiger partial charge in [-0.3, -0.25) is 4.79 Å². The number of hydrogen-bond acceptors (Lipinski definition) is 2. The highest BCUT2D eigenvalue weighted by Crippen LogP contribution is 2.29. The summed E-state index contributed by atoms with van der Waals surface area (Å²) in [7, 11) is 1.66. The van der Waals surface area contributed by atoms with Crippen molar-refractivity contribution in [2.24, 2.45) is 7.05 Å². The van der Waals surface area contributed by atoms with E-state index in [1.165, 1.54) is 18.2 Å². The number of alkyl halides is 3. The normalized spacial score (nSPS) is 11.4. The molecular formula is C14H14F3N3O. The molecule has 0 aliphatic rings. The maximum absolute atomic E-state index is 12.6. The summed E-state index contributed by atoms with van der Waals surface area (Å²) in [6.07, 6.45) is -2.81. The van der Waals surface area contributed by atoms with Crippen molar-refractivity contribution in [3.63, 3.8) is 0 Å². The lowest BCUT2D eigenvalue weighted by molar-refractivity contribution is -0.137. The summed E-state index contributed by atoms with van der Waals surface area (Å²) in [6.45, 7) is 0.00778. The second-order valence-corrected chi connectivity index (χ2v) is 4.65. The van der Waals surface area contributed by atoms with Crippen molar-refractivity contribution < 1.29 is 18.0 Å². The molecule has 1 aromatic heterocycles. The Hall–Kier alpha value is -2.44. The van der Waals surface area contributed by atoms with E-state index in [-0.39, 0.29) is 6.54 Å². The third-order valence-electron chi connectivity index (χ3n) is 2.97. The smallest absolute Gasteiger partial charge is 0.397 e. The maximum atomic E-state index is 12.6. The van der Waals surface area contributed by atoms with Gasteiger partial charge in [-0.25, -0.2) is 0 Å². The van der Waals surface area contributed by atoms with Crippen LogP contribution < -0.4 is 11.1 Å². The first-order valence-electron chi connectivity index (χ1n) is 6.13. The summed E-state index contributed by atoms with van der Waals surface area (Å²) >= 11 is 0. The van der Waals surface area contributed by atoms with Gasteiger partial charge >= 0.3 is 6.18 Å². The van der Waals surface area contributed by atoms with Gasteiger partial charge in [-0.2, -0.15) is 13.2 Å². The molecule has 0 radical (unpaired) electrons. The largest absolute Gasteiger partial charge is 0.416 e. The lowest BCUT2D eigenvalue weighted by atomic mass is 10.1. The van der Waals surface area contributed by atoms with Gasteiger partial charge in [-0.15, -0.1) is 0 Å². The number of aromatic nitrogens is 1. The molecule has 21 heavy (non-hydrogen) atoms. The van der Waals surface area contributed by atoms with Gasteiger partial charge in [0.25, 0.3) is 5.91 Å². The van der Waals surface area contributed by atoms with Crippen LogP contribution in [-0.2, 0) is 19.8 Å². The molecular weight excluding hydrogens is 283 g/mol. The number of carbonyl (C=O) groups excluding carboxylic acids is 1. The average molecular weight is 297 g/mol. The molecule has 3 N–H and O–H groups in total. The molecule has 0 saturated heterocycles. The Balaban J connectivity index is 2.07. The van der Waals surface area contributed by atoms with Crippen LogP contribution in [0.1, 0.15) is 21.6 Å². The van der Waals surface area contributed by atoms with Crippen LogP contribution in [0, 0.1) is 0 Å². The molecule has 0 atom stereocenters. The quantitative estimate of drug-likeness (QED) is 0.914. The Labute approximate surface area is 119 Å². The van der Waals surface area contributed by atoms with Crippen molar-refractivity contribution in [1.82, 2.24) is 9.88 Å². The minimum Gasteiger partial charge on any atom is -0.397 e. The van der Waals surface area contributed by atoms with E-state index in [4.69, 9.17) is 5.73 Å². The number of aryl methyl sites for hydroxylation is 1. The number of nitrogen functional groups attached to an aromatic ring is 1. The standard InChI is InChI=1S/C14H14F3N3O/c1-20-8-11(18)6-12(20)13(21)19-7-9-3-2-4-10(5-9)14(15,16)17/h2-6,8H,7,18H2,1H3,(H,19,21). The highest BCUT2D eigenvalue weighted by atomic mass is 19.4. The number of amides is 1. The zero-order chi connectivity index (χ0) is 15.6. The first-order chi connectivity index (χ1) is 9.77. The van der Waals surface area contributed by atoms with Crippen LogP contribution in [0.25, 0.3) is 0 Å². The van der Waals surface area contributed by atoms with E-state index in [0.717, 1.165) is 12.1 Å². The number of rotatable bonds is 3. The average Bonchev–Trinajstić information content (AvgIpc) is 2.74. The molecule has 1 heterocycles. The number of halogens is 3. The zero-order valence-electron chi connectivity index (χ0n) is 11.2. The van der Waals surface area contributed by atoms with Crippen LogP contribution in [0.4, 0.5) is 18.9 Å². The zero-order valence-corrected chi connectivity index (χ0v) is 11.2. The van der Waals surface area contributed by atoms with Gasteiger partial charge < -0.3 is 15.6 Å². The molecule has 0 fully saturated rings. The molecule has 0 unspecified atom stereocenters. The lowest BCUT2D eigenvalue weighted by Crippen LogP contribution is -2.24. The molecule has 0 aliphatic carbocycles. The van der Waals surface area contributed by atoms with Gasteiger partial charge in [0, 0.05) is 19.8 Å². The van der Waals surface area contributed by atoms with Crippen LogP contribution in [0.5, 0.6) is 0 Å². The second-order valence-electron chi connectivity index (χ2n) is 4.65. The van der Waals surface area contributed by atoms with Crippen molar-refractivity contribution in [2.75, 3.05) is 5.73 Å². The van der Waals surface area contributed by atoms with Gasteiger partial charge in [-0.05, 0) is 23.8 Å². The van der Waals surface area contributed by atoms with Gasteiger partial charge in [0.15, 0.2) is 0 Å². The molecule has 1 aromatic carbocycles. The predicted molar refractivity (Wildman–Crippen MR) is 72.4 cm³/mol. The van der Waals surface area contributed by atoms with Crippen LogP contribution in [0.3, 0.4) is 0 Å². The highest BCUT2D eigenvalue weighted by molar-refractivity contribution is 5.93. The van der Waals surface area contributed by atoms with Crippen molar-refractivity contribution in [2.45, 2.75) is 12.7 Å². The van der Waals surface area contributed by atoms with Gasteiger partial charge in [0.1, 0.15) is 5.69 Å². The predicted octanol–water partition coefficient (Wildman–Crippen LogP) is 2.56. The number of anilines is 1. The molecule has 0 aliphatic heterocycles. The first kappa shape index (κ1) is 15.0. The third-order valence-corrected chi connectivity index (χ3v) is 2.97. The Bertz CT molecular complexity index is 662. The Morgan fingerprint density at radius 3 is 2.62 bits per heavy atom. The number of nitrogens with zero attached hydrogens (tertiary/aromatic N) is 1. The number of nitrogens with two attached hydrogens (primary N) is 1. The van der Waals surface area contributed by atoms with Crippen LogP contribution >= 0.6 is 0 Å². The Morgan fingerprint density at radius 2 is 2.05 bits per heavy atom. The van der Waals surface area contributed by atoms with Crippen LogP contribution in [-0.4, -0.2) is 10.5 Å². The summed E-state index contributed by atoms with van der Waals surface area (Å²) in [6, 6.07) is 6.34.